The van der Waals surface area contributed by atoms with E-state index in [0.717, 1.165) is 25.7 Å². The van der Waals surface area contributed by atoms with Crippen molar-refractivity contribution >= 4 is 5.97 Å². The molecule has 0 aromatic heterocycles. The largest absolute Gasteiger partial charge is 0.465 e. The molecule has 1 aliphatic carbocycles. The van der Waals surface area contributed by atoms with E-state index in [9.17, 15) is 9.90 Å². The van der Waals surface area contributed by atoms with Gasteiger partial charge in [0, 0.05) is 6.04 Å². The molecule has 0 saturated heterocycles. The predicted octanol–water partition coefficient (Wildman–Crippen LogP) is 0.833. The van der Waals surface area contributed by atoms with Gasteiger partial charge in [-0.2, -0.15) is 0 Å². The van der Waals surface area contributed by atoms with Gasteiger partial charge in [-0.25, -0.2) is 0 Å². The Morgan fingerprint density at radius 3 is 2.87 bits per heavy atom. The molecule has 0 heterocycles. The summed E-state index contributed by atoms with van der Waals surface area (Å²) in [5, 5.41) is 12.8. The summed E-state index contributed by atoms with van der Waals surface area (Å²) in [6.45, 7) is 2.40. The van der Waals surface area contributed by atoms with Crippen LogP contribution in [0, 0.1) is 0 Å². The van der Waals surface area contributed by atoms with Crippen LogP contribution in [0.25, 0.3) is 0 Å². The minimum atomic E-state index is -0.318. The SMILES string of the molecule is CCOC(=O)CNC1CCCCCC1O. The van der Waals surface area contributed by atoms with Gasteiger partial charge in [-0.3, -0.25) is 4.79 Å². The molecule has 2 unspecified atom stereocenters. The summed E-state index contributed by atoms with van der Waals surface area (Å²) in [6.07, 6.45) is 4.84. The highest BCUT2D eigenvalue weighted by atomic mass is 16.5. The van der Waals surface area contributed by atoms with Crippen molar-refractivity contribution in [1.82, 2.24) is 5.32 Å². The molecule has 0 bridgehead atoms. The molecule has 1 fully saturated rings. The van der Waals surface area contributed by atoms with Crippen molar-refractivity contribution < 1.29 is 14.6 Å². The van der Waals surface area contributed by atoms with Gasteiger partial charge in [-0.05, 0) is 19.8 Å². The summed E-state index contributed by atoms with van der Waals surface area (Å²) >= 11 is 0. The van der Waals surface area contributed by atoms with E-state index in [1.165, 1.54) is 6.42 Å². The van der Waals surface area contributed by atoms with Crippen molar-refractivity contribution in [3.63, 3.8) is 0 Å². The van der Waals surface area contributed by atoms with Crippen molar-refractivity contribution in [3.05, 3.63) is 0 Å². The fraction of sp³-hybridized carbons (Fsp3) is 0.909. The zero-order valence-electron chi connectivity index (χ0n) is 9.37. The Morgan fingerprint density at radius 1 is 1.40 bits per heavy atom. The third kappa shape index (κ3) is 4.62. The second-order valence-electron chi connectivity index (χ2n) is 4.00. The van der Waals surface area contributed by atoms with E-state index in [0.29, 0.717) is 6.61 Å². The summed E-state index contributed by atoms with van der Waals surface area (Å²) in [7, 11) is 0. The molecule has 0 aromatic rings. The number of carbonyl (C=O) groups is 1. The Balaban J connectivity index is 2.25. The van der Waals surface area contributed by atoms with Crippen LogP contribution in [0.4, 0.5) is 0 Å². The van der Waals surface area contributed by atoms with Crippen LogP contribution in [0.5, 0.6) is 0 Å². The zero-order chi connectivity index (χ0) is 11.1. The molecule has 15 heavy (non-hydrogen) atoms. The monoisotopic (exact) mass is 215 g/mol. The van der Waals surface area contributed by atoms with Crippen LogP contribution in [-0.4, -0.2) is 36.4 Å². The van der Waals surface area contributed by atoms with E-state index in [-0.39, 0.29) is 24.7 Å². The van der Waals surface area contributed by atoms with E-state index >= 15 is 0 Å². The van der Waals surface area contributed by atoms with Crippen LogP contribution in [-0.2, 0) is 9.53 Å². The molecule has 0 amide bonds. The number of carbonyl (C=O) groups excluding carboxylic acids is 1. The van der Waals surface area contributed by atoms with Crippen LogP contribution in [0.3, 0.4) is 0 Å². The molecule has 4 heteroatoms. The summed E-state index contributed by atoms with van der Waals surface area (Å²) in [5.74, 6) is -0.242. The lowest BCUT2D eigenvalue weighted by Gasteiger charge is -2.21. The second-order valence-corrected chi connectivity index (χ2v) is 4.00. The smallest absolute Gasteiger partial charge is 0.319 e. The number of rotatable bonds is 4. The van der Waals surface area contributed by atoms with E-state index in [1.807, 2.05) is 0 Å². The first-order valence-corrected chi connectivity index (χ1v) is 5.81. The summed E-state index contributed by atoms with van der Waals surface area (Å²) in [4.78, 5) is 11.1. The molecule has 0 spiro atoms. The van der Waals surface area contributed by atoms with Crippen molar-refractivity contribution in [1.29, 1.82) is 0 Å². The lowest BCUT2D eigenvalue weighted by atomic mass is 10.1. The van der Waals surface area contributed by atoms with Crippen LogP contribution in [0.15, 0.2) is 0 Å². The average molecular weight is 215 g/mol. The second kappa shape index (κ2) is 6.80. The van der Waals surface area contributed by atoms with Crippen LogP contribution in [0.2, 0.25) is 0 Å². The number of aliphatic hydroxyl groups is 1. The lowest BCUT2D eigenvalue weighted by Crippen LogP contribution is -2.42. The van der Waals surface area contributed by atoms with Gasteiger partial charge in [0.15, 0.2) is 0 Å². The third-order valence-corrected chi connectivity index (χ3v) is 2.79. The minimum Gasteiger partial charge on any atom is -0.465 e. The van der Waals surface area contributed by atoms with Gasteiger partial charge in [-0.1, -0.05) is 19.3 Å². The number of hydrogen-bond donors (Lipinski definition) is 2. The zero-order valence-corrected chi connectivity index (χ0v) is 9.37. The van der Waals surface area contributed by atoms with Crippen molar-refractivity contribution in [2.75, 3.05) is 13.2 Å². The highest BCUT2D eigenvalue weighted by Gasteiger charge is 2.21. The Bertz CT molecular complexity index is 196. The normalized spacial score (nSPS) is 27.1. The van der Waals surface area contributed by atoms with Crippen molar-refractivity contribution in [2.45, 2.75) is 51.2 Å². The molecule has 1 saturated carbocycles. The summed E-state index contributed by atoms with van der Waals surface area (Å²) in [6, 6.07) is 0.0527. The van der Waals surface area contributed by atoms with Crippen molar-refractivity contribution in [3.8, 4) is 0 Å². The third-order valence-electron chi connectivity index (χ3n) is 2.79. The van der Waals surface area contributed by atoms with Crippen LogP contribution >= 0.6 is 0 Å². The Morgan fingerprint density at radius 2 is 2.13 bits per heavy atom. The quantitative estimate of drug-likeness (QED) is 0.539. The summed E-state index contributed by atoms with van der Waals surface area (Å²) < 4.78 is 4.82. The van der Waals surface area contributed by atoms with E-state index in [1.54, 1.807) is 6.92 Å². The molecule has 1 rings (SSSR count). The molecular weight excluding hydrogens is 194 g/mol. The van der Waals surface area contributed by atoms with Crippen molar-refractivity contribution in [2.24, 2.45) is 0 Å². The minimum absolute atomic E-state index is 0.0527. The average Bonchev–Trinajstić information content (AvgIpc) is 2.41. The van der Waals surface area contributed by atoms with E-state index in [2.05, 4.69) is 5.32 Å². The van der Waals surface area contributed by atoms with Gasteiger partial charge in [-0.15, -0.1) is 0 Å². The van der Waals surface area contributed by atoms with E-state index < -0.39 is 0 Å². The maximum Gasteiger partial charge on any atom is 0.319 e. The fourth-order valence-corrected chi connectivity index (χ4v) is 1.95. The van der Waals surface area contributed by atoms with Crippen LogP contribution < -0.4 is 5.32 Å². The standard InChI is InChI=1S/C11H21NO3/c1-2-15-11(14)8-12-9-6-4-3-5-7-10(9)13/h9-10,12-13H,2-8H2,1H3. The molecule has 0 aliphatic heterocycles. The highest BCUT2D eigenvalue weighted by Crippen LogP contribution is 2.17. The summed E-state index contributed by atoms with van der Waals surface area (Å²) in [5.41, 5.74) is 0. The van der Waals surface area contributed by atoms with Gasteiger partial charge < -0.3 is 15.2 Å². The highest BCUT2D eigenvalue weighted by molar-refractivity contribution is 5.71. The molecule has 88 valence electrons. The first-order chi connectivity index (χ1) is 7.24. The predicted molar refractivity (Wildman–Crippen MR) is 57.5 cm³/mol. The van der Waals surface area contributed by atoms with Gasteiger partial charge in [0.1, 0.15) is 0 Å². The maximum absolute atomic E-state index is 11.1. The number of ether oxygens (including phenoxy) is 1. The van der Waals surface area contributed by atoms with Gasteiger partial charge in [0.05, 0.1) is 19.3 Å². The molecule has 4 nitrogen and oxygen atoms in total. The van der Waals surface area contributed by atoms with Gasteiger partial charge in [0.2, 0.25) is 0 Å². The Kier molecular flexibility index (Phi) is 5.65. The molecule has 2 atom stereocenters. The first kappa shape index (κ1) is 12.5. The Labute approximate surface area is 91.0 Å². The maximum atomic E-state index is 11.1. The molecule has 0 aromatic carbocycles. The number of nitrogens with one attached hydrogen (secondary N) is 1. The molecule has 0 radical (unpaired) electrons. The first-order valence-electron chi connectivity index (χ1n) is 5.81. The molecular formula is C11H21NO3. The fourth-order valence-electron chi connectivity index (χ4n) is 1.95. The lowest BCUT2D eigenvalue weighted by molar-refractivity contribution is -0.142. The molecule has 1 aliphatic rings. The number of esters is 1. The topological polar surface area (TPSA) is 58.6 Å². The Hall–Kier alpha value is -0.610. The van der Waals surface area contributed by atoms with Crippen LogP contribution in [0.1, 0.15) is 39.0 Å². The van der Waals surface area contributed by atoms with Gasteiger partial charge in [0.25, 0.3) is 0 Å². The molecule has 2 N–H and O–H groups in total. The van der Waals surface area contributed by atoms with Gasteiger partial charge >= 0.3 is 5.97 Å². The van der Waals surface area contributed by atoms with E-state index in [4.69, 9.17) is 4.74 Å². The number of aliphatic hydroxyl groups excluding tert-OH is 1. The number of hydrogen-bond acceptors (Lipinski definition) is 4.